The average molecular weight is 163 g/mol. The van der Waals surface area contributed by atoms with Crippen LogP contribution in [0.15, 0.2) is 12.4 Å². The van der Waals surface area contributed by atoms with E-state index in [4.69, 9.17) is 6.42 Å². The maximum atomic E-state index is 10.9. The van der Waals surface area contributed by atoms with Crippen molar-refractivity contribution in [2.45, 2.75) is 13.0 Å². The molecule has 1 aromatic heterocycles. The van der Waals surface area contributed by atoms with Crippen molar-refractivity contribution in [3.8, 4) is 12.3 Å². The Morgan fingerprint density at radius 1 is 1.83 bits per heavy atom. The third kappa shape index (κ3) is 2.46. The molecule has 12 heavy (non-hydrogen) atoms. The lowest BCUT2D eigenvalue weighted by molar-refractivity contribution is -0.120. The maximum absolute atomic E-state index is 10.9. The Morgan fingerprint density at radius 2 is 2.67 bits per heavy atom. The number of aromatic nitrogens is 2. The number of aromatic amines is 1. The van der Waals surface area contributed by atoms with Crippen LogP contribution in [0.5, 0.6) is 0 Å². The summed E-state index contributed by atoms with van der Waals surface area (Å²) in [6.07, 6.45) is 8.44. The van der Waals surface area contributed by atoms with Crippen molar-refractivity contribution in [3.63, 3.8) is 0 Å². The topological polar surface area (TPSA) is 57.8 Å². The first-order valence-electron chi connectivity index (χ1n) is 3.50. The number of hydrogen-bond acceptors (Lipinski definition) is 2. The first-order valence-corrected chi connectivity index (χ1v) is 3.50. The van der Waals surface area contributed by atoms with Gasteiger partial charge in [-0.15, -0.1) is 6.42 Å². The summed E-state index contributed by atoms with van der Waals surface area (Å²) in [6.45, 7) is 0.469. The summed E-state index contributed by atoms with van der Waals surface area (Å²) in [6, 6.07) is 0. The predicted octanol–water partition coefficient (Wildman–Crippen LogP) is 0.0492. The van der Waals surface area contributed by atoms with Crippen molar-refractivity contribution in [1.29, 1.82) is 0 Å². The fraction of sp³-hybridized carbons (Fsp3) is 0.250. The summed E-state index contributed by atoms with van der Waals surface area (Å²) >= 11 is 0. The normalized spacial score (nSPS) is 8.92. The SMILES string of the molecule is C#CCC(=O)NCc1cn[nH]c1. The van der Waals surface area contributed by atoms with Crippen LogP contribution in [-0.4, -0.2) is 16.1 Å². The lowest BCUT2D eigenvalue weighted by atomic mass is 10.3. The van der Waals surface area contributed by atoms with Gasteiger partial charge in [-0.05, 0) is 0 Å². The van der Waals surface area contributed by atoms with Crippen molar-refractivity contribution in [3.05, 3.63) is 18.0 Å². The van der Waals surface area contributed by atoms with Gasteiger partial charge in [-0.1, -0.05) is 5.92 Å². The minimum atomic E-state index is -0.140. The maximum Gasteiger partial charge on any atom is 0.232 e. The molecule has 0 radical (unpaired) electrons. The molecule has 0 aliphatic rings. The number of nitrogens with one attached hydrogen (secondary N) is 2. The molecule has 0 fully saturated rings. The molecule has 2 N–H and O–H groups in total. The second kappa shape index (κ2) is 4.19. The van der Waals surface area contributed by atoms with E-state index < -0.39 is 0 Å². The number of terminal acetylenes is 1. The minimum Gasteiger partial charge on any atom is -0.351 e. The van der Waals surface area contributed by atoms with Crippen molar-refractivity contribution >= 4 is 5.91 Å². The van der Waals surface area contributed by atoms with Gasteiger partial charge in [0, 0.05) is 18.3 Å². The molecule has 62 valence electrons. The number of nitrogens with zero attached hydrogens (tertiary/aromatic N) is 1. The number of H-pyrrole nitrogens is 1. The number of amides is 1. The lowest BCUT2D eigenvalue weighted by Crippen LogP contribution is -2.21. The summed E-state index contributed by atoms with van der Waals surface area (Å²) < 4.78 is 0. The zero-order valence-corrected chi connectivity index (χ0v) is 6.50. The van der Waals surface area contributed by atoms with E-state index in [0.717, 1.165) is 5.56 Å². The van der Waals surface area contributed by atoms with Gasteiger partial charge in [-0.25, -0.2) is 0 Å². The van der Waals surface area contributed by atoms with E-state index in [1.165, 1.54) is 0 Å². The van der Waals surface area contributed by atoms with Crippen LogP contribution < -0.4 is 5.32 Å². The van der Waals surface area contributed by atoms with Gasteiger partial charge in [-0.3, -0.25) is 9.89 Å². The smallest absolute Gasteiger partial charge is 0.232 e. The zero-order chi connectivity index (χ0) is 8.81. The van der Waals surface area contributed by atoms with Crippen LogP contribution in [0.1, 0.15) is 12.0 Å². The Labute approximate surface area is 70.4 Å². The highest BCUT2D eigenvalue weighted by Gasteiger charge is 1.98. The van der Waals surface area contributed by atoms with Gasteiger partial charge in [0.1, 0.15) is 0 Å². The second-order valence-electron chi connectivity index (χ2n) is 2.26. The number of rotatable bonds is 3. The van der Waals surface area contributed by atoms with Gasteiger partial charge in [0.15, 0.2) is 0 Å². The molecule has 0 bridgehead atoms. The molecule has 1 amide bonds. The molecule has 0 unspecified atom stereocenters. The third-order valence-electron chi connectivity index (χ3n) is 1.31. The molecule has 0 aromatic carbocycles. The van der Waals surface area contributed by atoms with Crippen LogP contribution in [0.3, 0.4) is 0 Å². The van der Waals surface area contributed by atoms with Crippen molar-refractivity contribution in [1.82, 2.24) is 15.5 Å². The molecule has 4 heteroatoms. The summed E-state index contributed by atoms with van der Waals surface area (Å²) in [5.41, 5.74) is 0.931. The van der Waals surface area contributed by atoms with Crippen LogP contribution in [0.25, 0.3) is 0 Å². The van der Waals surface area contributed by atoms with E-state index in [2.05, 4.69) is 21.4 Å². The monoisotopic (exact) mass is 163 g/mol. The Balaban J connectivity index is 2.28. The summed E-state index contributed by atoms with van der Waals surface area (Å²) in [5.74, 6) is 2.12. The van der Waals surface area contributed by atoms with E-state index in [9.17, 15) is 4.79 Å². The van der Waals surface area contributed by atoms with Crippen LogP contribution in [0, 0.1) is 12.3 Å². The van der Waals surface area contributed by atoms with Crippen molar-refractivity contribution in [2.24, 2.45) is 0 Å². The third-order valence-corrected chi connectivity index (χ3v) is 1.31. The fourth-order valence-electron chi connectivity index (χ4n) is 0.730. The Kier molecular flexibility index (Phi) is 2.91. The molecule has 0 aliphatic carbocycles. The van der Waals surface area contributed by atoms with Gasteiger partial charge in [0.05, 0.1) is 12.6 Å². The molecule has 0 spiro atoms. The van der Waals surface area contributed by atoms with Gasteiger partial charge in [0.2, 0.25) is 5.91 Å². The van der Waals surface area contributed by atoms with Crippen molar-refractivity contribution in [2.75, 3.05) is 0 Å². The average Bonchev–Trinajstić information content (AvgIpc) is 2.53. The standard InChI is InChI=1S/C8H9N3O/c1-2-3-8(12)9-4-7-5-10-11-6-7/h1,5-6H,3-4H2,(H,9,12)(H,10,11). The van der Waals surface area contributed by atoms with E-state index in [0.29, 0.717) is 6.54 Å². The highest BCUT2D eigenvalue weighted by atomic mass is 16.1. The van der Waals surface area contributed by atoms with Crippen LogP contribution >= 0.6 is 0 Å². The van der Waals surface area contributed by atoms with E-state index in [1.54, 1.807) is 12.4 Å². The second-order valence-corrected chi connectivity index (χ2v) is 2.26. The zero-order valence-electron chi connectivity index (χ0n) is 6.50. The molecule has 1 rings (SSSR count). The molecule has 0 atom stereocenters. The summed E-state index contributed by atoms with van der Waals surface area (Å²) in [5, 5.41) is 9.02. The highest BCUT2D eigenvalue weighted by molar-refractivity contribution is 5.78. The first-order chi connectivity index (χ1) is 5.83. The van der Waals surface area contributed by atoms with E-state index >= 15 is 0 Å². The van der Waals surface area contributed by atoms with Crippen LogP contribution in [0.4, 0.5) is 0 Å². The summed E-state index contributed by atoms with van der Waals surface area (Å²) in [4.78, 5) is 10.9. The molecule has 1 heterocycles. The number of carbonyl (C=O) groups excluding carboxylic acids is 1. The molecule has 4 nitrogen and oxygen atoms in total. The molecular formula is C8H9N3O. The molecule has 0 aliphatic heterocycles. The summed E-state index contributed by atoms with van der Waals surface area (Å²) in [7, 11) is 0. The molecular weight excluding hydrogens is 154 g/mol. The number of hydrogen-bond donors (Lipinski definition) is 2. The van der Waals surface area contributed by atoms with Crippen LogP contribution in [0.2, 0.25) is 0 Å². The van der Waals surface area contributed by atoms with Gasteiger partial charge in [0.25, 0.3) is 0 Å². The largest absolute Gasteiger partial charge is 0.351 e. The molecule has 1 aromatic rings. The van der Waals surface area contributed by atoms with Gasteiger partial charge in [-0.2, -0.15) is 5.10 Å². The molecule has 0 saturated heterocycles. The Bertz CT molecular complexity index is 284. The molecule has 0 saturated carbocycles. The quantitative estimate of drug-likeness (QED) is 0.618. The Morgan fingerprint density at radius 3 is 3.25 bits per heavy atom. The highest BCUT2D eigenvalue weighted by Crippen LogP contribution is 1.91. The Hall–Kier alpha value is -1.76. The van der Waals surface area contributed by atoms with Crippen LogP contribution in [-0.2, 0) is 11.3 Å². The minimum absolute atomic E-state index is 0.123. The first kappa shape index (κ1) is 8.34. The van der Waals surface area contributed by atoms with Gasteiger partial charge >= 0.3 is 0 Å². The van der Waals surface area contributed by atoms with E-state index in [1.807, 2.05) is 0 Å². The predicted molar refractivity (Wildman–Crippen MR) is 43.9 cm³/mol. The fourth-order valence-corrected chi connectivity index (χ4v) is 0.730. The van der Waals surface area contributed by atoms with Gasteiger partial charge < -0.3 is 5.32 Å². The van der Waals surface area contributed by atoms with Crippen molar-refractivity contribution < 1.29 is 4.79 Å². The number of carbonyl (C=O) groups is 1. The van der Waals surface area contributed by atoms with E-state index in [-0.39, 0.29) is 12.3 Å². The lowest BCUT2D eigenvalue weighted by Gasteiger charge is -1.98.